The molecule has 4 aromatic heterocycles. The van der Waals surface area contributed by atoms with Crippen LogP contribution in [0.1, 0.15) is 71.4 Å². The summed E-state index contributed by atoms with van der Waals surface area (Å²) in [5.74, 6) is 1.55. The predicted octanol–water partition coefficient (Wildman–Crippen LogP) is 6.67. The SMILES string of the molecule is CNC(=O)c1cccc(N2C(=O)C(C)(C)c3ccc(-c4cnc(C)nc4)cc32)n1.Cc1ncc(-c2ccc3c(c2)N(c2cccc(C(=O)N(C)C)n2)C(=O)C3(C)C)cn1. The Hall–Kier alpha value is -7.22. The zero-order valence-electron chi connectivity index (χ0n) is 34.4. The van der Waals surface area contributed by atoms with Gasteiger partial charge in [0.15, 0.2) is 0 Å². The number of hydrogen-bond donors (Lipinski definition) is 1. The van der Waals surface area contributed by atoms with Crippen LogP contribution in [0.15, 0.2) is 97.6 Å². The van der Waals surface area contributed by atoms with E-state index < -0.39 is 10.8 Å². The molecule has 0 radical (unpaired) electrons. The van der Waals surface area contributed by atoms with Crippen LogP contribution in [-0.4, -0.2) is 79.6 Å². The summed E-state index contributed by atoms with van der Waals surface area (Å²) < 4.78 is 0. The molecule has 2 aliphatic rings. The molecule has 4 amide bonds. The van der Waals surface area contributed by atoms with Gasteiger partial charge in [-0.25, -0.2) is 29.9 Å². The number of carbonyl (C=O) groups is 4. The molecule has 0 fully saturated rings. The van der Waals surface area contributed by atoms with Crippen molar-refractivity contribution in [2.75, 3.05) is 30.9 Å². The molecule has 0 aliphatic carbocycles. The van der Waals surface area contributed by atoms with Crippen LogP contribution in [-0.2, 0) is 20.4 Å². The summed E-state index contributed by atoms with van der Waals surface area (Å²) >= 11 is 0. The molecule has 1 N–H and O–H groups in total. The summed E-state index contributed by atoms with van der Waals surface area (Å²) in [6, 6.07) is 22.0. The first-order chi connectivity index (χ1) is 28.0. The van der Waals surface area contributed by atoms with Gasteiger partial charge in [0.05, 0.1) is 22.2 Å². The fraction of sp³-hybridized carbons (Fsp3) is 0.244. The fourth-order valence-corrected chi connectivity index (χ4v) is 7.09. The number of nitrogens with one attached hydrogen (secondary N) is 1. The van der Waals surface area contributed by atoms with Gasteiger partial charge in [-0.05, 0) is 100 Å². The number of carbonyl (C=O) groups excluding carboxylic acids is 4. The maximum Gasteiger partial charge on any atom is 0.272 e. The van der Waals surface area contributed by atoms with E-state index in [0.29, 0.717) is 29.0 Å². The van der Waals surface area contributed by atoms with Gasteiger partial charge in [0.1, 0.15) is 34.7 Å². The number of benzene rings is 2. The quantitative estimate of drug-likeness (QED) is 0.193. The number of fused-ring (bicyclic) bond motifs is 2. The van der Waals surface area contributed by atoms with E-state index in [1.165, 1.54) is 4.90 Å². The zero-order chi connectivity index (χ0) is 42.4. The maximum atomic E-state index is 13.4. The molecule has 298 valence electrons. The van der Waals surface area contributed by atoms with Crippen molar-refractivity contribution in [3.63, 3.8) is 0 Å². The van der Waals surface area contributed by atoms with E-state index in [4.69, 9.17) is 0 Å². The number of pyridine rings is 2. The number of rotatable bonds is 6. The van der Waals surface area contributed by atoms with Gasteiger partial charge in [-0.1, -0.05) is 36.4 Å². The van der Waals surface area contributed by atoms with Gasteiger partial charge in [0.2, 0.25) is 11.8 Å². The van der Waals surface area contributed by atoms with Crippen molar-refractivity contribution < 1.29 is 19.2 Å². The molecule has 0 unspecified atom stereocenters. The van der Waals surface area contributed by atoms with E-state index in [-0.39, 0.29) is 29.3 Å². The van der Waals surface area contributed by atoms with Crippen LogP contribution >= 0.6 is 0 Å². The Morgan fingerprint density at radius 3 is 1.41 bits per heavy atom. The Bertz CT molecular complexity index is 2640. The smallest absolute Gasteiger partial charge is 0.272 e. The Balaban J connectivity index is 0.000000179. The lowest BCUT2D eigenvalue weighted by Crippen LogP contribution is -2.34. The monoisotopic (exact) mass is 788 g/mol. The molecule has 0 saturated carbocycles. The van der Waals surface area contributed by atoms with Crippen molar-refractivity contribution >= 4 is 46.6 Å². The van der Waals surface area contributed by atoms with Gasteiger partial charge in [-0.3, -0.25) is 29.0 Å². The van der Waals surface area contributed by atoms with E-state index in [0.717, 1.165) is 44.8 Å². The van der Waals surface area contributed by atoms with Crippen LogP contribution in [0.2, 0.25) is 0 Å². The molecule has 0 bridgehead atoms. The van der Waals surface area contributed by atoms with E-state index >= 15 is 0 Å². The van der Waals surface area contributed by atoms with Crippen LogP contribution < -0.4 is 15.1 Å². The Morgan fingerprint density at radius 2 is 1.00 bits per heavy atom. The highest BCUT2D eigenvalue weighted by atomic mass is 16.2. The Morgan fingerprint density at radius 1 is 0.593 bits per heavy atom. The summed E-state index contributed by atoms with van der Waals surface area (Å²) in [4.78, 5) is 81.7. The van der Waals surface area contributed by atoms with Crippen molar-refractivity contribution in [3.8, 4) is 22.3 Å². The Kier molecular flexibility index (Phi) is 10.4. The third-order valence-corrected chi connectivity index (χ3v) is 10.5. The van der Waals surface area contributed by atoms with Crippen molar-refractivity contribution in [3.05, 3.63) is 132 Å². The van der Waals surface area contributed by atoms with Gasteiger partial charge in [0, 0.05) is 57.1 Å². The molecule has 8 rings (SSSR count). The molecule has 0 saturated heterocycles. The molecule has 2 aliphatic heterocycles. The first kappa shape index (κ1) is 40.0. The molecular formula is C45H44N10O4. The van der Waals surface area contributed by atoms with Crippen molar-refractivity contribution in [1.29, 1.82) is 0 Å². The lowest BCUT2D eigenvalue weighted by Gasteiger charge is -2.20. The number of nitrogens with zero attached hydrogens (tertiary/aromatic N) is 9. The number of hydrogen-bond acceptors (Lipinski definition) is 10. The second kappa shape index (κ2) is 15.3. The van der Waals surface area contributed by atoms with E-state index in [1.54, 1.807) is 92.1 Å². The minimum Gasteiger partial charge on any atom is -0.354 e. The van der Waals surface area contributed by atoms with Gasteiger partial charge >= 0.3 is 0 Å². The number of aromatic nitrogens is 6. The van der Waals surface area contributed by atoms with Crippen molar-refractivity contribution in [2.24, 2.45) is 0 Å². The molecule has 14 heteroatoms. The summed E-state index contributed by atoms with van der Waals surface area (Å²) in [5, 5.41) is 2.56. The lowest BCUT2D eigenvalue weighted by molar-refractivity contribution is -0.122. The first-order valence-electron chi connectivity index (χ1n) is 19.0. The zero-order valence-corrected chi connectivity index (χ0v) is 34.4. The Labute approximate surface area is 342 Å². The molecule has 0 atom stereocenters. The molecule has 59 heavy (non-hydrogen) atoms. The van der Waals surface area contributed by atoms with Gasteiger partial charge in [-0.15, -0.1) is 0 Å². The minimum atomic E-state index is -0.707. The third-order valence-electron chi connectivity index (χ3n) is 10.5. The van der Waals surface area contributed by atoms with Crippen molar-refractivity contribution in [2.45, 2.75) is 52.4 Å². The third kappa shape index (κ3) is 7.29. The highest BCUT2D eigenvalue weighted by Crippen LogP contribution is 2.47. The van der Waals surface area contributed by atoms with E-state index in [2.05, 4.69) is 35.2 Å². The number of anilines is 4. The topological polar surface area (TPSA) is 167 Å². The van der Waals surface area contributed by atoms with E-state index in [1.807, 2.05) is 77.9 Å². The second-order valence-electron chi connectivity index (χ2n) is 15.6. The highest BCUT2D eigenvalue weighted by Gasteiger charge is 2.46. The normalized spacial score (nSPS) is 14.6. The number of aryl methyl sites for hydroxylation is 2. The summed E-state index contributed by atoms with van der Waals surface area (Å²) in [6.45, 7) is 11.3. The van der Waals surface area contributed by atoms with Crippen LogP contribution in [0.3, 0.4) is 0 Å². The van der Waals surface area contributed by atoms with Gasteiger partial charge < -0.3 is 10.2 Å². The summed E-state index contributed by atoms with van der Waals surface area (Å²) in [7, 11) is 4.89. The van der Waals surface area contributed by atoms with Crippen LogP contribution in [0, 0.1) is 13.8 Å². The summed E-state index contributed by atoms with van der Waals surface area (Å²) in [6.07, 6.45) is 7.07. The molecule has 6 heterocycles. The van der Waals surface area contributed by atoms with E-state index in [9.17, 15) is 19.2 Å². The largest absolute Gasteiger partial charge is 0.354 e. The van der Waals surface area contributed by atoms with Crippen LogP contribution in [0.4, 0.5) is 23.0 Å². The number of amides is 4. The lowest BCUT2D eigenvalue weighted by atomic mass is 9.85. The minimum absolute atomic E-state index is 0.0863. The van der Waals surface area contributed by atoms with Gasteiger partial charge in [0.25, 0.3) is 11.8 Å². The fourth-order valence-electron chi connectivity index (χ4n) is 7.09. The molecule has 0 spiro atoms. The van der Waals surface area contributed by atoms with Crippen LogP contribution in [0.5, 0.6) is 0 Å². The van der Waals surface area contributed by atoms with Crippen molar-refractivity contribution in [1.82, 2.24) is 40.1 Å². The summed E-state index contributed by atoms with van der Waals surface area (Å²) in [5.41, 5.74) is 6.00. The average Bonchev–Trinajstić information content (AvgIpc) is 3.56. The first-order valence-corrected chi connectivity index (χ1v) is 19.0. The highest BCUT2D eigenvalue weighted by molar-refractivity contribution is 6.13. The second-order valence-corrected chi connectivity index (χ2v) is 15.6. The molecule has 2 aromatic carbocycles. The predicted molar refractivity (Wildman–Crippen MR) is 225 cm³/mol. The average molecular weight is 789 g/mol. The van der Waals surface area contributed by atoms with Crippen LogP contribution in [0.25, 0.3) is 22.3 Å². The molecule has 6 aromatic rings. The standard InChI is InChI=1S/C23H23N5O2.C22H21N5O2/c1-14-24-12-16(13-25-14)15-9-10-17-19(11-15)28(22(30)23(17,2)3)20-8-6-7-18(26-20)21(29)27(4)5;1-13-24-11-15(12-25-13)14-8-9-16-18(10-14)27(21(29)22(16,2)3)19-7-5-6-17(26-19)20(28)23-4/h6-13H,1-5H3;5-12H,1-4H3,(H,23,28). The molecular weight excluding hydrogens is 745 g/mol. The molecule has 14 nitrogen and oxygen atoms in total. The maximum absolute atomic E-state index is 13.4. The van der Waals surface area contributed by atoms with Gasteiger partial charge in [-0.2, -0.15) is 0 Å².